The van der Waals surface area contributed by atoms with Crippen LogP contribution < -0.4 is 9.64 Å². The van der Waals surface area contributed by atoms with Crippen LogP contribution in [0.2, 0.25) is 10.0 Å². The summed E-state index contributed by atoms with van der Waals surface area (Å²) in [7, 11) is 0. The Morgan fingerprint density at radius 3 is 2.14 bits per heavy atom. The van der Waals surface area contributed by atoms with Crippen LogP contribution in [0.4, 0.5) is 18.9 Å². The van der Waals surface area contributed by atoms with E-state index in [1.54, 1.807) is 0 Å². The maximum absolute atomic E-state index is 14.0. The monoisotopic (exact) mass is 542 g/mol. The fourth-order valence-electron chi connectivity index (χ4n) is 5.59. The number of alkyl halides is 3. The van der Waals surface area contributed by atoms with Gasteiger partial charge in [0.15, 0.2) is 0 Å². The molecule has 1 aliphatic carbocycles. The SMILES string of the molecule is C[C@@]12C(=O)N(c3cc(Cl)cc(Cl)c3)C(=O)[C@@H]1[C@]2(C(=O)N1CCOCC1)c1ccc(OC(F)(F)F)cc1. The fourth-order valence-corrected chi connectivity index (χ4v) is 6.10. The van der Waals surface area contributed by atoms with Crippen LogP contribution in [-0.4, -0.2) is 55.3 Å². The zero-order chi connectivity index (χ0) is 26.0. The molecular formula is C24H19Cl2F3N2O5. The molecule has 2 aromatic rings. The molecule has 0 N–H and O–H groups in total. The Morgan fingerprint density at radius 2 is 1.64 bits per heavy atom. The Kier molecular flexibility index (Phi) is 5.77. The number of amides is 3. The molecule has 0 bridgehead atoms. The van der Waals surface area contributed by atoms with Gasteiger partial charge in [0, 0.05) is 23.1 Å². The molecule has 2 aliphatic heterocycles. The number of imide groups is 1. The van der Waals surface area contributed by atoms with Crippen molar-refractivity contribution >= 4 is 46.6 Å². The number of fused-ring (bicyclic) bond motifs is 1. The molecule has 3 atom stereocenters. The third-order valence-electron chi connectivity index (χ3n) is 7.15. The van der Waals surface area contributed by atoms with Crippen LogP contribution in [0.3, 0.4) is 0 Å². The van der Waals surface area contributed by atoms with Gasteiger partial charge >= 0.3 is 6.36 Å². The molecule has 0 aromatic heterocycles. The van der Waals surface area contributed by atoms with Crippen molar-refractivity contribution in [1.29, 1.82) is 0 Å². The van der Waals surface area contributed by atoms with Crippen LogP contribution in [-0.2, 0) is 24.5 Å². The van der Waals surface area contributed by atoms with Gasteiger partial charge in [0.2, 0.25) is 17.7 Å². The number of ether oxygens (including phenoxy) is 2. The first kappa shape index (κ1) is 24.9. The molecule has 5 rings (SSSR count). The second kappa shape index (κ2) is 8.36. The quantitative estimate of drug-likeness (QED) is 0.541. The Balaban J connectivity index is 1.58. The predicted octanol–water partition coefficient (Wildman–Crippen LogP) is 4.20. The van der Waals surface area contributed by atoms with Crippen LogP contribution in [0.1, 0.15) is 12.5 Å². The number of halogens is 5. The highest BCUT2D eigenvalue weighted by Gasteiger charge is 2.90. The van der Waals surface area contributed by atoms with Crippen LogP contribution in [0.25, 0.3) is 0 Å². The number of anilines is 1. The van der Waals surface area contributed by atoms with E-state index in [9.17, 15) is 27.6 Å². The lowest BCUT2D eigenvalue weighted by molar-refractivity contribution is -0.274. The Morgan fingerprint density at radius 1 is 1.06 bits per heavy atom. The van der Waals surface area contributed by atoms with Crippen LogP contribution in [0.15, 0.2) is 42.5 Å². The molecule has 7 nitrogen and oxygen atoms in total. The van der Waals surface area contributed by atoms with Crippen LogP contribution in [0.5, 0.6) is 5.75 Å². The summed E-state index contributed by atoms with van der Waals surface area (Å²) in [5.41, 5.74) is -2.63. The van der Waals surface area contributed by atoms with E-state index in [0.29, 0.717) is 0 Å². The van der Waals surface area contributed by atoms with Gasteiger partial charge in [-0.2, -0.15) is 0 Å². The van der Waals surface area contributed by atoms with Gasteiger partial charge in [0.05, 0.1) is 30.2 Å². The molecule has 1 saturated carbocycles. The van der Waals surface area contributed by atoms with Gasteiger partial charge in [-0.25, -0.2) is 4.90 Å². The van der Waals surface area contributed by atoms with E-state index in [-0.39, 0.29) is 47.6 Å². The van der Waals surface area contributed by atoms with E-state index in [0.717, 1.165) is 17.0 Å². The maximum Gasteiger partial charge on any atom is 0.573 e. The lowest BCUT2D eigenvalue weighted by atomic mass is 9.83. The lowest BCUT2D eigenvalue weighted by Crippen LogP contribution is -2.52. The van der Waals surface area contributed by atoms with Gasteiger partial charge in [-0.3, -0.25) is 14.4 Å². The average molecular weight is 543 g/mol. The minimum absolute atomic E-state index is 0.178. The van der Waals surface area contributed by atoms with E-state index >= 15 is 0 Å². The van der Waals surface area contributed by atoms with Crippen molar-refractivity contribution < 1.29 is 37.0 Å². The first-order valence-electron chi connectivity index (χ1n) is 11.0. The summed E-state index contributed by atoms with van der Waals surface area (Å²) in [6.07, 6.45) is -4.89. The fraction of sp³-hybridized carbons (Fsp3) is 0.375. The zero-order valence-electron chi connectivity index (χ0n) is 18.8. The number of carbonyl (C=O) groups excluding carboxylic acids is 3. The predicted molar refractivity (Wildman–Crippen MR) is 123 cm³/mol. The second-order valence-corrected chi connectivity index (χ2v) is 9.90. The highest BCUT2D eigenvalue weighted by atomic mass is 35.5. The van der Waals surface area contributed by atoms with E-state index in [4.69, 9.17) is 27.9 Å². The van der Waals surface area contributed by atoms with Gasteiger partial charge in [-0.15, -0.1) is 13.2 Å². The van der Waals surface area contributed by atoms with Gasteiger partial charge in [0.25, 0.3) is 0 Å². The molecule has 3 fully saturated rings. The molecule has 0 unspecified atom stereocenters. The minimum atomic E-state index is -4.89. The summed E-state index contributed by atoms with van der Waals surface area (Å²) < 4.78 is 47.3. The third kappa shape index (κ3) is 3.57. The van der Waals surface area contributed by atoms with Crippen molar-refractivity contribution in [2.24, 2.45) is 11.3 Å². The van der Waals surface area contributed by atoms with Crippen LogP contribution >= 0.6 is 23.2 Å². The molecule has 190 valence electrons. The number of carbonyl (C=O) groups is 3. The van der Waals surface area contributed by atoms with Gasteiger partial charge in [-0.1, -0.05) is 35.3 Å². The summed E-state index contributed by atoms with van der Waals surface area (Å²) in [5.74, 6) is -3.23. The topological polar surface area (TPSA) is 76.2 Å². The average Bonchev–Trinajstić information content (AvgIpc) is 3.32. The number of piperidine rings is 1. The van der Waals surface area contributed by atoms with E-state index in [1.165, 1.54) is 42.2 Å². The number of rotatable bonds is 4. The van der Waals surface area contributed by atoms with Crippen molar-refractivity contribution in [3.8, 4) is 5.75 Å². The Labute approximate surface area is 213 Å². The molecule has 2 aromatic carbocycles. The van der Waals surface area contributed by atoms with E-state index in [1.807, 2.05) is 0 Å². The number of benzene rings is 2. The number of nitrogens with zero attached hydrogens (tertiary/aromatic N) is 2. The highest BCUT2D eigenvalue weighted by molar-refractivity contribution is 6.37. The smallest absolute Gasteiger partial charge is 0.406 e. The molecule has 0 radical (unpaired) electrons. The van der Waals surface area contributed by atoms with Crippen molar-refractivity contribution in [3.05, 3.63) is 58.1 Å². The number of morpholine rings is 1. The normalized spacial score (nSPS) is 27.8. The molecule has 0 spiro atoms. The molecule has 2 saturated heterocycles. The number of hydrogen-bond donors (Lipinski definition) is 0. The van der Waals surface area contributed by atoms with E-state index < -0.39 is 46.6 Å². The van der Waals surface area contributed by atoms with E-state index in [2.05, 4.69) is 4.74 Å². The van der Waals surface area contributed by atoms with Gasteiger partial charge in [-0.05, 0) is 42.8 Å². The molecule has 3 aliphatic rings. The molecular weight excluding hydrogens is 524 g/mol. The summed E-state index contributed by atoms with van der Waals surface area (Å²) in [6.45, 7) is 2.62. The number of hydrogen-bond acceptors (Lipinski definition) is 5. The first-order chi connectivity index (χ1) is 16.9. The summed E-state index contributed by atoms with van der Waals surface area (Å²) in [5, 5.41) is 0.444. The Bertz CT molecular complexity index is 1250. The van der Waals surface area contributed by atoms with Crippen molar-refractivity contribution in [1.82, 2.24) is 4.90 Å². The van der Waals surface area contributed by atoms with Crippen molar-refractivity contribution in [3.63, 3.8) is 0 Å². The molecule has 2 heterocycles. The summed E-state index contributed by atoms with van der Waals surface area (Å²) in [6, 6.07) is 9.03. The van der Waals surface area contributed by atoms with Crippen molar-refractivity contribution in [2.75, 3.05) is 31.2 Å². The lowest BCUT2D eigenvalue weighted by Gasteiger charge is -2.35. The van der Waals surface area contributed by atoms with Crippen LogP contribution in [0, 0.1) is 11.3 Å². The van der Waals surface area contributed by atoms with Gasteiger partial charge < -0.3 is 14.4 Å². The van der Waals surface area contributed by atoms with Gasteiger partial charge in [0.1, 0.15) is 11.2 Å². The highest BCUT2D eigenvalue weighted by Crippen LogP contribution is 2.74. The van der Waals surface area contributed by atoms with Crippen molar-refractivity contribution in [2.45, 2.75) is 18.7 Å². The minimum Gasteiger partial charge on any atom is -0.406 e. The molecule has 36 heavy (non-hydrogen) atoms. The second-order valence-electron chi connectivity index (χ2n) is 9.03. The summed E-state index contributed by atoms with van der Waals surface area (Å²) >= 11 is 12.1. The third-order valence-corrected chi connectivity index (χ3v) is 7.58. The molecule has 12 heteroatoms. The standard InChI is InChI=1S/C24H19Cl2F3N2O5/c1-22-18(19(32)31(20(22)33)16-11-14(25)10-15(26)12-16)23(22,21(34)30-6-8-35-9-7-30)13-2-4-17(5-3-13)36-24(27,28)29/h2-5,10-12,18H,6-9H2,1H3/t18-,22-,23-/m0/s1. The zero-order valence-corrected chi connectivity index (χ0v) is 20.3. The summed E-state index contributed by atoms with van der Waals surface area (Å²) in [4.78, 5) is 43.9. The largest absolute Gasteiger partial charge is 0.573 e. The molecule has 3 amide bonds. The maximum atomic E-state index is 14.0. The first-order valence-corrected chi connectivity index (χ1v) is 11.7. The Hall–Kier alpha value is -2.82.